The van der Waals surface area contributed by atoms with Gasteiger partial charge in [-0.15, -0.1) is 0 Å². The number of hydrazine groups is 1. The van der Waals surface area contributed by atoms with Crippen LogP contribution in [0.2, 0.25) is 0 Å². The van der Waals surface area contributed by atoms with Crippen molar-refractivity contribution in [3.8, 4) is 0 Å². The number of nitrogens with zero attached hydrogens (tertiary/aromatic N) is 1. The summed E-state index contributed by atoms with van der Waals surface area (Å²) in [5, 5.41) is 2.84. The molecule has 2 unspecified atom stereocenters. The number of hydrogen-bond donors (Lipinski definition) is 3. The molecule has 1 rings (SSSR count). The predicted octanol–water partition coefficient (Wildman–Crippen LogP) is -1.02. The summed E-state index contributed by atoms with van der Waals surface area (Å²) in [5.74, 6) is 4.84. The summed E-state index contributed by atoms with van der Waals surface area (Å²) in [5.41, 5.74) is 2.16. The highest BCUT2D eigenvalue weighted by atomic mass is 16.5. The molecule has 0 saturated carbocycles. The summed E-state index contributed by atoms with van der Waals surface area (Å²) in [7, 11) is 0. The van der Waals surface area contributed by atoms with Crippen molar-refractivity contribution in [2.24, 2.45) is 5.84 Å². The third-order valence-electron chi connectivity index (χ3n) is 3.25. The van der Waals surface area contributed by atoms with E-state index < -0.39 is 12.1 Å². The smallest absolute Gasteiger partial charge is 0.251 e. The molecule has 0 bridgehead atoms. The van der Waals surface area contributed by atoms with E-state index in [0.717, 1.165) is 6.42 Å². The molecule has 2 amide bonds. The van der Waals surface area contributed by atoms with Gasteiger partial charge in [-0.3, -0.25) is 19.9 Å². The van der Waals surface area contributed by atoms with Gasteiger partial charge in [-0.1, -0.05) is 13.8 Å². The van der Waals surface area contributed by atoms with Gasteiger partial charge in [0.25, 0.3) is 5.91 Å². The van der Waals surface area contributed by atoms with E-state index >= 15 is 0 Å². The van der Waals surface area contributed by atoms with E-state index in [-0.39, 0.29) is 11.8 Å². The Morgan fingerprint density at radius 2 is 2.21 bits per heavy atom. The lowest BCUT2D eigenvalue weighted by Crippen LogP contribution is -2.61. The maximum absolute atomic E-state index is 12.1. The molecule has 7 nitrogen and oxygen atoms in total. The van der Waals surface area contributed by atoms with Crippen molar-refractivity contribution in [2.45, 2.75) is 38.8 Å². The lowest BCUT2D eigenvalue weighted by Gasteiger charge is -2.38. The van der Waals surface area contributed by atoms with Gasteiger partial charge in [0, 0.05) is 13.1 Å². The van der Waals surface area contributed by atoms with Gasteiger partial charge in [0.05, 0.1) is 19.3 Å². The second-order valence-electron chi connectivity index (χ2n) is 4.55. The van der Waals surface area contributed by atoms with Crippen LogP contribution in [0.5, 0.6) is 0 Å². The summed E-state index contributed by atoms with van der Waals surface area (Å²) in [4.78, 5) is 25.7. The van der Waals surface area contributed by atoms with Gasteiger partial charge in [-0.25, -0.2) is 5.84 Å². The molecule has 0 spiro atoms. The molecule has 7 heteroatoms. The molecule has 0 aromatic carbocycles. The van der Waals surface area contributed by atoms with Gasteiger partial charge in [0.1, 0.15) is 6.04 Å². The Morgan fingerprint density at radius 1 is 1.47 bits per heavy atom. The van der Waals surface area contributed by atoms with Gasteiger partial charge in [0.2, 0.25) is 5.91 Å². The molecule has 1 fully saturated rings. The standard InChI is InChI=1S/C12H24N4O3/c1-3-5-14-11(17)10-8-19-7-6-16(10)9(4-2)12(18)15-13/h9-10H,3-8,13H2,1-2H3,(H,14,17)(H,15,18). The Hall–Kier alpha value is -1.18. The molecule has 4 N–H and O–H groups in total. The lowest BCUT2D eigenvalue weighted by molar-refractivity contribution is -0.140. The number of ether oxygens (including phenoxy) is 1. The highest BCUT2D eigenvalue weighted by molar-refractivity contribution is 5.85. The first kappa shape index (κ1) is 15.9. The SMILES string of the molecule is CCCNC(=O)C1COCCN1C(CC)C(=O)NN. The van der Waals surface area contributed by atoms with Crippen molar-refractivity contribution in [1.82, 2.24) is 15.6 Å². The van der Waals surface area contributed by atoms with Crippen molar-refractivity contribution in [3.63, 3.8) is 0 Å². The molecule has 1 aliphatic rings. The number of morpholine rings is 1. The van der Waals surface area contributed by atoms with E-state index in [4.69, 9.17) is 10.6 Å². The van der Waals surface area contributed by atoms with Crippen molar-refractivity contribution in [3.05, 3.63) is 0 Å². The first-order valence-corrected chi connectivity index (χ1v) is 6.77. The number of hydrogen-bond acceptors (Lipinski definition) is 5. The Labute approximate surface area is 113 Å². The molecule has 19 heavy (non-hydrogen) atoms. The summed E-state index contributed by atoms with van der Waals surface area (Å²) in [6.45, 7) is 5.90. The van der Waals surface area contributed by atoms with Crippen molar-refractivity contribution >= 4 is 11.8 Å². The average molecular weight is 272 g/mol. The fourth-order valence-corrected chi connectivity index (χ4v) is 2.25. The van der Waals surface area contributed by atoms with Crippen LogP contribution in [0.1, 0.15) is 26.7 Å². The molecular formula is C12H24N4O3. The van der Waals surface area contributed by atoms with Crippen LogP contribution in [0.25, 0.3) is 0 Å². The van der Waals surface area contributed by atoms with Gasteiger partial charge >= 0.3 is 0 Å². The van der Waals surface area contributed by atoms with Crippen LogP contribution in [-0.2, 0) is 14.3 Å². The molecule has 1 saturated heterocycles. The fraction of sp³-hybridized carbons (Fsp3) is 0.833. The van der Waals surface area contributed by atoms with Crippen molar-refractivity contribution in [1.29, 1.82) is 0 Å². The fourth-order valence-electron chi connectivity index (χ4n) is 2.25. The molecule has 1 heterocycles. The molecule has 2 atom stereocenters. The summed E-state index contributed by atoms with van der Waals surface area (Å²) in [6.07, 6.45) is 1.47. The van der Waals surface area contributed by atoms with Crippen LogP contribution in [0.15, 0.2) is 0 Å². The topological polar surface area (TPSA) is 96.7 Å². The maximum atomic E-state index is 12.1. The first-order valence-electron chi connectivity index (χ1n) is 6.77. The van der Waals surface area contributed by atoms with Crippen molar-refractivity contribution in [2.75, 3.05) is 26.3 Å². The second-order valence-corrected chi connectivity index (χ2v) is 4.55. The second kappa shape index (κ2) is 8.08. The molecule has 0 aromatic rings. The third kappa shape index (κ3) is 4.15. The average Bonchev–Trinajstić information content (AvgIpc) is 2.45. The van der Waals surface area contributed by atoms with Crippen LogP contribution in [0.4, 0.5) is 0 Å². The van der Waals surface area contributed by atoms with Crippen LogP contribution < -0.4 is 16.6 Å². The van der Waals surface area contributed by atoms with E-state index in [9.17, 15) is 9.59 Å². The Bertz CT molecular complexity index is 311. The van der Waals surface area contributed by atoms with Crippen LogP contribution in [-0.4, -0.2) is 55.1 Å². The summed E-state index contributed by atoms with van der Waals surface area (Å²) < 4.78 is 5.36. The number of carbonyl (C=O) groups is 2. The molecule has 0 aromatic heterocycles. The minimum Gasteiger partial charge on any atom is -0.378 e. The molecule has 0 radical (unpaired) electrons. The van der Waals surface area contributed by atoms with Gasteiger partial charge in [0.15, 0.2) is 0 Å². The number of rotatable bonds is 6. The highest BCUT2D eigenvalue weighted by Crippen LogP contribution is 2.14. The van der Waals surface area contributed by atoms with E-state index in [2.05, 4.69) is 10.7 Å². The largest absolute Gasteiger partial charge is 0.378 e. The minimum absolute atomic E-state index is 0.0928. The zero-order chi connectivity index (χ0) is 14.3. The van der Waals surface area contributed by atoms with Gasteiger partial charge in [-0.05, 0) is 12.8 Å². The predicted molar refractivity (Wildman–Crippen MR) is 71.0 cm³/mol. The van der Waals surface area contributed by atoms with Gasteiger partial charge in [-0.2, -0.15) is 0 Å². The van der Waals surface area contributed by atoms with E-state index in [1.165, 1.54) is 0 Å². The van der Waals surface area contributed by atoms with E-state index in [1.807, 2.05) is 18.7 Å². The van der Waals surface area contributed by atoms with Crippen molar-refractivity contribution < 1.29 is 14.3 Å². The number of amides is 2. The van der Waals surface area contributed by atoms with E-state index in [0.29, 0.717) is 32.7 Å². The minimum atomic E-state index is -0.428. The maximum Gasteiger partial charge on any atom is 0.251 e. The Kier molecular flexibility index (Phi) is 6.75. The quantitative estimate of drug-likeness (QED) is 0.327. The Balaban J connectivity index is 2.75. The summed E-state index contributed by atoms with van der Waals surface area (Å²) >= 11 is 0. The lowest BCUT2D eigenvalue weighted by atomic mass is 10.1. The first-order chi connectivity index (χ1) is 9.15. The monoisotopic (exact) mass is 272 g/mol. The number of nitrogens with one attached hydrogen (secondary N) is 2. The summed E-state index contributed by atoms with van der Waals surface area (Å²) in [6, 6.07) is -0.825. The highest BCUT2D eigenvalue weighted by Gasteiger charge is 2.36. The van der Waals surface area contributed by atoms with E-state index in [1.54, 1.807) is 0 Å². The Morgan fingerprint density at radius 3 is 2.79 bits per heavy atom. The van der Waals surface area contributed by atoms with Crippen LogP contribution in [0, 0.1) is 0 Å². The normalized spacial score (nSPS) is 21.7. The van der Waals surface area contributed by atoms with Crippen LogP contribution in [0.3, 0.4) is 0 Å². The molecule has 110 valence electrons. The molecule has 1 aliphatic heterocycles. The molecule has 0 aliphatic carbocycles. The zero-order valence-electron chi connectivity index (χ0n) is 11.6. The number of carbonyl (C=O) groups excluding carboxylic acids is 2. The zero-order valence-corrected chi connectivity index (χ0v) is 11.6. The molecular weight excluding hydrogens is 248 g/mol. The number of nitrogens with two attached hydrogens (primary N) is 1. The van der Waals surface area contributed by atoms with Crippen LogP contribution >= 0.6 is 0 Å². The van der Waals surface area contributed by atoms with Gasteiger partial charge < -0.3 is 10.1 Å². The third-order valence-corrected chi connectivity index (χ3v) is 3.25.